The summed E-state index contributed by atoms with van der Waals surface area (Å²) in [4.78, 5) is -0.0533. The van der Waals surface area contributed by atoms with Crippen molar-refractivity contribution in [1.29, 1.82) is 0 Å². The lowest BCUT2D eigenvalue weighted by molar-refractivity contribution is 0.482. The van der Waals surface area contributed by atoms with E-state index in [1.54, 1.807) is 41.3 Å². The molecule has 0 aliphatic carbocycles. The van der Waals surface area contributed by atoms with Gasteiger partial charge in [0.2, 0.25) is 0 Å². The molecule has 0 fully saturated rings. The molecular formula is C22H17Cl2N3O3S. The molecule has 0 atom stereocenters. The number of nitrogens with one attached hydrogen (secondary N) is 1. The van der Waals surface area contributed by atoms with Crippen LogP contribution in [0.3, 0.4) is 0 Å². The number of hydrogen-bond acceptors (Lipinski definition) is 4. The van der Waals surface area contributed by atoms with Gasteiger partial charge in [-0.3, -0.25) is 4.72 Å². The van der Waals surface area contributed by atoms with Crippen LogP contribution in [-0.4, -0.2) is 18.2 Å². The second-order valence-electron chi connectivity index (χ2n) is 6.76. The molecule has 1 N–H and O–H groups in total. The summed E-state index contributed by atoms with van der Waals surface area (Å²) in [5, 5.41) is 4.71. The van der Waals surface area contributed by atoms with Crippen LogP contribution in [0, 0.1) is 6.92 Å². The van der Waals surface area contributed by atoms with Gasteiger partial charge < -0.3 is 4.74 Å². The maximum atomic E-state index is 12.6. The summed E-state index contributed by atoms with van der Waals surface area (Å²) in [6, 6.07) is 18.7. The van der Waals surface area contributed by atoms with Crippen molar-refractivity contribution >= 4 is 38.9 Å². The predicted molar refractivity (Wildman–Crippen MR) is 122 cm³/mol. The molecule has 0 saturated carbocycles. The van der Waals surface area contributed by atoms with E-state index in [1.165, 1.54) is 23.8 Å². The summed E-state index contributed by atoms with van der Waals surface area (Å²) in [7, 11) is -3.86. The molecule has 0 spiro atoms. The van der Waals surface area contributed by atoms with Gasteiger partial charge in [0.25, 0.3) is 10.0 Å². The van der Waals surface area contributed by atoms with Gasteiger partial charge in [0.15, 0.2) is 5.75 Å². The van der Waals surface area contributed by atoms with Crippen molar-refractivity contribution < 1.29 is 13.2 Å². The van der Waals surface area contributed by atoms with E-state index in [9.17, 15) is 8.42 Å². The monoisotopic (exact) mass is 473 g/mol. The molecule has 9 heteroatoms. The Morgan fingerprint density at radius 2 is 1.65 bits per heavy atom. The van der Waals surface area contributed by atoms with Gasteiger partial charge in [0, 0.05) is 10.7 Å². The van der Waals surface area contributed by atoms with Crippen LogP contribution < -0.4 is 9.46 Å². The van der Waals surface area contributed by atoms with Crippen LogP contribution in [0.25, 0.3) is 5.69 Å². The largest absolute Gasteiger partial charge is 0.454 e. The van der Waals surface area contributed by atoms with Gasteiger partial charge in [-0.15, -0.1) is 0 Å². The molecule has 0 aliphatic rings. The molecule has 0 radical (unpaired) electrons. The van der Waals surface area contributed by atoms with Crippen LogP contribution in [-0.2, 0) is 10.0 Å². The van der Waals surface area contributed by atoms with E-state index in [0.29, 0.717) is 22.2 Å². The van der Waals surface area contributed by atoms with Crippen LogP contribution in [0.4, 0.5) is 5.69 Å². The van der Waals surface area contributed by atoms with E-state index in [4.69, 9.17) is 27.9 Å². The van der Waals surface area contributed by atoms with E-state index in [0.717, 1.165) is 5.69 Å². The molecule has 4 aromatic rings. The Labute approximate surface area is 190 Å². The van der Waals surface area contributed by atoms with Crippen molar-refractivity contribution in [3.05, 3.63) is 94.7 Å². The number of nitrogens with zero attached hydrogens (tertiary/aromatic N) is 2. The Morgan fingerprint density at radius 1 is 0.935 bits per heavy atom. The number of halogens is 2. The van der Waals surface area contributed by atoms with E-state index < -0.39 is 10.0 Å². The molecule has 0 amide bonds. The van der Waals surface area contributed by atoms with Crippen molar-refractivity contribution in [2.75, 3.05) is 4.72 Å². The maximum absolute atomic E-state index is 12.6. The molecule has 3 aromatic carbocycles. The van der Waals surface area contributed by atoms with Crippen molar-refractivity contribution in [3.8, 4) is 17.2 Å². The minimum Gasteiger partial charge on any atom is -0.454 e. The number of hydrogen-bond donors (Lipinski definition) is 1. The third kappa shape index (κ3) is 5.02. The smallest absolute Gasteiger partial charge is 0.263 e. The van der Waals surface area contributed by atoms with Crippen molar-refractivity contribution in [1.82, 2.24) is 9.78 Å². The Morgan fingerprint density at radius 3 is 2.32 bits per heavy atom. The van der Waals surface area contributed by atoms with E-state index >= 15 is 0 Å². The van der Waals surface area contributed by atoms with Gasteiger partial charge in [0.05, 0.1) is 23.1 Å². The third-order valence-corrected chi connectivity index (χ3v) is 6.48. The minimum atomic E-state index is -3.86. The van der Waals surface area contributed by atoms with Crippen LogP contribution in [0.1, 0.15) is 5.56 Å². The van der Waals surface area contributed by atoms with Crippen molar-refractivity contribution in [2.24, 2.45) is 0 Å². The number of rotatable bonds is 6. The summed E-state index contributed by atoms with van der Waals surface area (Å²) in [5.41, 5.74) is 2.46. The van der Waals surface area contributed by atoms with Crippen LogP contribution in [0.15, 0.2) is 84.0 Å². The molecule has 0 bridgehead atoms. The number of aryl methyl sites for hydroxylation is 1. The molecule has 0 saturated heterocycles. The van der Waals surface area contributed by atoms with Gasteiger partial charge >= 0.3 is 0 Å². The SMILES string of the molecule is Cc1ccc(-n2cc(Oc3ccc(NS(=O)(=O)c4ccc(Cl)cc4Cl)cc3)cn2)cc1. The maximum Gasteiger partial charge on any atom is 0.263 e. The lowest BCUT2D eigenvalue weighted by Gasteiger charge is -2.10. The number of aromatic nitrogens is 2. The fraction of sp³-hybridized carbons (Fsp3) is 0.0455. The molecule has 0 unspecified atom stereocenters. The van der Waals surface area contributed by atoms with Gasteiger partial charge in [-0.1, -0.05) is 40.9 Å². The van der Waals surface area contributed by atoms with Gasteiger partial charge in [-0.2, -0.15) is 5.10 Å². The number of sulfonamides is 1. The predicted octanol–water partition coefficient (Wildman–Crippen LogP) is 6.08. The summed E-state index contributed by atoms with van der Waals surface area (Å²) in [5.74, 6) is 1.10. The molecule has 4 rings (SSSR count). The van der Waals surface area contributed by atoms with Crippen LogP contribution in [0.5, 0.6) is 11.5 Å². The quantitative estimate of drug-likeness (QED) is 0.368. The van der Waals surface area contributed by atoms with E-state index in [2.05, 4.69) is 9.82 Å². The summed E-state index contributed by atoms with van der Waals surface area (Å²) in [6.45, 7) is 2.02. The van der Waals surface area contributed by atoms with Crippen LogP contribution in [0.2, 0.25) is 10.0 Å². The zero-order valence-corrected chi connectivity index (χ0v) is 18.6. The zero-order chi connectivity index (χ0) is 22.0. The van der Waals surface area contributed by atoms with E-state index in [1.807, 2.05) is 31.2 Å². The molecule has 0 aliphatic heterocycles. The topological polar surface area (TPSA) is 73.2 Å². The van der Waals surface area contributed by atoms with Gasteiger partial charge in [0.1, 0.15) is 10.6 Å². The highest BCUT2D eigenvalue weighted by Gasteiger charge is 2.18. The van der Waals surface area contributed by atoms with Gasteiger partial charge in [-0.05, 0) is 61.5 Å². The first-order chi connectivity index (χ1) is 14.8. The number of benzene rings is 3. The standard InChI is InChI=1S/C22H17Cl2N3O3S/c1-15-2-7-18(8-3-15)27-14-20(13-25-27)30-19-9-5-17(6-10-19)26-31(28,29)22-11-4-16(23)12-21(22)24/h2-14,26H,1H3. The second kappa shape index (κ2) is 8.63. The Bertz CT molecular complexity index is 1320. The van der Waals surface area contributed by atoms with E-state index in [-0.39, 0.29) is 9.92 Å². The first-order valence-corrected chi connectivity index (χ1v) is 11.4. The lowest BCUT2D eigenvalue weighted by Crippen LogP contribution is -2.13. The van der Waals surface area contributed by atoms with Crippen molar-refractivity contribution in [3.63, 3.8) is 0 Å². The first kappa shape index (κ1) is 21.2. The molecule has 1 heterocycles. The highest BCUT2D eigenvalue weighted by molar-refractivity contribution is 7.92. The highest BCUT2D eigenvalue weighted by Crippen LogP contribution is 2.28. The number of anilines is 1. The fourth-order valence-corrected chi connectivity index (χ4v) is 4.66. The summed E-state index contributed by atoms with van der Waals surface area (Å²) >= 11 is 11.9. The summed E-state index contributed by atoms with van der Waals surface area (Å²) in [6.07, 6.45) is 3.38. The fourth-order valence-electron chi connectivity index (χ4n) is 2.83. The molecule has 1 aromatic heterocycles. The molecular weight excluding hydrogens is 457 g/mol. The Balaban J connectivity index is 1.46. The Kier molecular flexibility index (Phi) is 5.91. The zero-order valence-electron chi connectivity index (χ0n) is 16.3. The molecule has 158 valence electrons. The Hall–Kier alpha value is -3.00. The lowest BCUT2D eigenvalue weighted by atomic mass is 10.2. The average molecular weight is 474 g/mol. The highest BCUT2D eigenvalue weighted by atomic mass is 35.5. The molecule has 31 heavy (non-hydrogen) atoms. The molecule has 6 nitrogen and oxygen atoms in total. The third-order valence-electron chi connectivity index (χ3n) is 4.38. The van der Waals surface area contributed by atoms with Crippen LogP contribution >= 0.6 is 23.2 Å². The van der Waals surface area contributed by atoms with Gasteiger partial charge in [-0.25, -0.2) is 13.1 Å². The minimum absolute atomic E-state index is 0.0468. The summed E-state index contributed by atoms with van der Waals surface area (Å²) < 4.78 is 35.2. The second-order valence-corrected chi connectivity index (χ2v) is 9.26. The average Bonchev–Trinajstić information content (AvgIpc) is 3.18. The normalized spacial score (nSPS) is 11.3. The first-order valence-electron chi connectivity index (χ1n) is 9.18. The van der Waals surface area contributed by atoms with Crippen molar-refractivity contribution in [2.45, 2.75) is 11.8 Å². The number of ether oxygens (including phenoxy) is 1.